The van der Waals surface area contributed by atoms with Crippen LogP contribution in [0.25, 0.3) is 22.3 Å². The minimum atomic E-state index is 0.133. The molecule has 2 atom stereocenters. The van der Waals surface area contributed by atoms with E-state index in [0.29, 0.717) is 12.6 Å². The molecule has 0 unspecified atom stereocenters. The van der Waals surface area contributed by atoms with Crippen molar-refractivity contribution in [2.45, 2.75) is 83.7 Å². The highest BCUT2D eigenvalue weighted by Crippen LogP contribution is 2.26. The summed E-state index contributed by atoms with van der Waals surface area (Å²) in [5, 5.41) is 3.73. The molecule has 1 amide bonds. The van der Waals surface area contributed by atoms with Crippen LogP contribution in [0.15, 0.2) is 194 Å². The number of hydrogen-bond donors (Lipinski definition) is 1. The van der Waals surface area contributed by atoms with E-state index in [-0.39, 0.29) is 11.9 Å². The molecule has 0 saturated carbocycles. The molecule has 0 aliphatic carbocycles. The van der Waals surface area contributed by atoms with Crippen LogP contribution in [0.5, 0.6) is 0 Å². The van der Waals surface area contributed by atoms with E-state index >= 15 is 0 Å². The predicted molar refractivity (Wildman–Crippen MR) is 270 cm³/mol. The van der Waals surface area contributed by atoms with E-state index in [2.05, 4.69) is 203 Å². The molecule has 5 nitrogen and oxygen atoms in total. The highest BCUT2D eigenvalue weighted by Gasteiger charge is 2.31. The van der Waals surface area contributed by atoms with E-state index in [1.165, 1.54) is 82.3 Å². The first-order chi connectivity index (χ1) is 32.1. The Kier molecular flexibility index (Phi) is 16.6. The highest BCUT2D eigenvalue weighted by atomic mass is 16.2. The molecule has 0 spiro atoms. The zero-order valence-corrected chi connectivity index (χ0v) is 38.3. The fourth-order valence-electron chi connectivity index (χ4n) is 9.30. The molecule has 332 valence electrons. The summed E-state index contributed by atoms with van der Waals surface area (Å²) < 4.78 is 0. The minimum absolute atomic E-state index is 0.133. The van der Waals surface area contributed by atoms with Crippen LogP contribution in [0.1, 0.15) is 77.2 Å². The highest BCUT2D eigenvalue weighted by molar-refractivity contribution is 5.94. The van der Waals surface area contributed by atoms with Crippen LogP contribution >= 0.6 is 0 Å². The van der Waals surface area contributed by atoms with Gasteiger partial charge in [-0.3, -0.25) is 14.6 Å². The van der Waals surface area contributed by atoms with Crippen LogP contribution in [0.4, 0.5) is 0 Å². The molecule has 2 saturated heterocycles. The van der Waals surface area contributed by atoms with Crippen LogP contribution in [-0.4, -0.2) is 58.9 Å². The number of aryl methyl sites for hydroxylation is 1. The third-order valence-corrected chi connectivity index (χ3v) is 13.1. The van der Waals surface area contributed by atoms with Gasteiger partial charge in [-0.1, -0.05) is 202 Å². The molecule has 5 heteroatoms. The van der Waals surface area contributed by atoms with Gasteiger partial charge in [-0.2, -0.15) is 0 Å². The van der Waals surface area contributed by atoms with Gasteiger partial charge in [-0.25, -0.2) is 0 Å². The van der Waals surface area contributed by atoms with Crippen molar-refractivity contribution in [1.82, 2.24) is 20.0 Å². The number of nitrogens with one attached hydrogen (secondary N) is 1. The average molecular weight is 859 g/mol. The van der Waals surface area contributed by atoms with Gasteiger partial charge in [0.25, 0.3) is 5.91 Å². The number of carbonyl (C=O) groups excluding carboxylic acids is 1. The van der Waals surface area contributed by atoms with Crippen LogP contribution in [-0.2, 0) is 32.6 Å². The second-order valence-corrected chi connectivity index (χ2v) is 18.0. The Morgan fingerprint density at radius 2 is 0.985 bits per heavy atom. The molecule has 0 radical (unpaired) electrons. The van der Waals surface area contributed by atoms with Gasteiger partial charge in [0.2, 0.25) is 0 Å². The Labute approximate surface area is 388 Å². The Morgan fingerprint density at radius 3 is 1.54 bits per heavy atom. The lowest BCUT2D eigenvalue weighted by molar-refractivity contribution is 0.0664. The molecule has 1 N–H and O–H groups in total. The summed E-state index contributed by atoms with van der Waals surface area (Å²) in [4.78, 5) is 21.1. The number of likely N-dealkylation sites (tertiary alicyclic amines) is 2. The van der Waals surface area contributed by atoms with Gasteiger partial charge in [-0.15, -0.1) is 0 Å². The molecule has 7 aromatic carbocycles. The number of carbonyl (C=O) groups is 1. The Bertz CT molecular complexity index is 2440. The van der Waals surface area contributed by atoms with Crippen molar-refractivity contribution in [1.29, 1.82) is 0 Å². The second-order valence-electron chi connectivity index (χ2n) is 18.0. The van der Waals surface area contributed by atoms with Crippen molar-refractivity contribution in [3.8, 4) is 22.3 Å². The van der Waals surface area contributed by atoms with Crippen LogP contribution < -0.4 is 5.32 Å². The standard InChI is InChI=1S/C36H40N2O.C24H26N2/c1-2-3-6-11-29-16-22-34(23-17-29)36(39)38(35-24-25-37(28-35)26-30-12-7-4-8-13-30)27-31-18-20-33(21-19-31)32-14-9-5-10-15-32;1-3-7-21(8-4-1)18-26-16-15-24(19-26)25-17-20-11-13-23(14-12-20)22-9-5-2-6-10-22/h4-5,7-10,12-23,35H,2-3,6,11,24-28H2,1H3;1-14,24-25H,15-19H2/t35-;24-/m00/s1. The summed E-state index contributed by atoms with van der Waals surface area (Å²) >= 11 is 0. The lowest BCUT2D eigenvalue weighted by Gasteiger charge is -2.30. The molecule has 0 bridgehead atoms. The average Bonchev–Trinajstić information content (AvgIpc) is 4.04. The van der Waals surface area contributed by atoms with Gasteiger partial charge in [0.15, 0.2) is 0 Å². The first kappa shape index (κ1) is 45.5. The predicted octanol–water partition coefficient (Wildman–Crippen LogP) is 12.7. The molecule has 2 aliphatic rings. The van der Waals surface area contributed by atoms with E-state index in [9.17, 15) is 4.79 Å². The van der Waals surface area contributed by atoms with Crippen molar-refractivity contribution in [2.75, 3.05) is 26.2 Å². The van der Waals surface area contributed by atoms with E-state index in [0.717, 1.165) is 57.7 Å². The molecular weight excluding hydrogens is 793 g/mol. The maximum atomic E-state index is 14.0. The summed E-state index contributed by atoms with van der Waals surface area (Å²) in [7, 11) is 0. The lowest BCUT2D eigenvalue weighted by Crippen LogP contribution is -2.41. The fraction of sp³-hybridized carbons (Fsp3) is 0.283. The molecule has 2 fully saturated rings. The van der Waals surface area contributed by atoms with Gasteiger partial charge in [0, 0.05) is 70.0 Å². The third kappa shape index (κ3) is 13.5. The van der Waals surface area contributed by atoms with Gasteiger partial charge < -0.3 is 10.2 Å². The van der Waals surface area contributed by atoms with Crippen molar-refractivity contribution < 1.29 is 4.79 Å². The number of benzene rings is 7. The summed E-state index contributed by atoms with van der Waals surface area (Å²) in [5.41, 5.74) is 12.3. The second kappa shape index (κ2) is 23.7. The molecule has 65 heavy (non-hydrogen) atoms. The number of unbranched alkanes of at least 4 members (excludes halogenated alkanes) is 2. The zero-order chi connectivity index (χ0) is 44.5. The summed E-state index contributed by atoms with van der Waals surface area (Å²) in [5.74, 6) is 0.133. The SMILES string of the molecule is CCCCCc1ccc(C(=O)N(Cc2ccc(-c3ccccc3)cc2)[C@H]2CCN(Cc3ccccc3)C2)cc1.c1ccc(CN2CC[C@H](NCc3ccc(-c4ccccc4)cc3)C2)cc1. The van der Waals surface area contributed by atoms with Crippen molar-refractivity contribution in [3.05, 3.63) is 228 Å². The van der Waals surface area contributed by atoms with E-state index < -0.39 is 0 Å². The van der Waals surface area contributed by atoms with E-state index in [1.54, 1.807) is 0 Å². The quantitative estimate of drug-likeness (QED) is 0.0926. The fourth-order valence-corrected chi connectivity index (χ4v) is 9.30. The monoisotopic (exact) mass is 859 g/mol. The van der Waals surface area contributed by atoms with Crippen molar-refractivity contribution in [3.63, 3.8) is 0 Å². The maximum Gasteiger partial charge on any atom is 0.254 e. The number of rotatable bonds is 17. The summed E-state index contributed by atoms with van der Waals surface area (Å²) in [6.07, 6.45) is 6.98. The minimum Gasteiger partial charge on any atom is -0.330 e. The topological polar surface area (TPSA) is 38.8 Å². The smallest absolute Gasteiger partial charge is 0.254 e. The normalized spacial score (nSPS) is 16.2. The first-order valence-electron chi connectivity index (χ1n) is 24.0. The molecule has 2 aliphatic heterocycles. The largest absolute Gasteiger partial charge is 0.330 e. The lowest BCUT2D eigenvalue weighted by atomic mass is 10.0. The van der Waals surface area contributed by atoms with Gasteiger partial charge in [0.05, 0.1) is 0 Å². The van der Waals surface area contributed by atoms with Crippen molar-refractivity contribution in [2.24, 2.45) is 0 Å². The van der Waals surface area contributed by atoms with Crippen LogP contribution in [0.3, 0.4) is 0 Å². The van der Waals surface area contributed by atoms with Gasteiger partial charge >= 0.3 is 0 Å². The van der Waals surface area contributed by atoms with E-state index in [1.807, 2.05) is 18.2 Å². The Morgan fingerprint density at radius 1 is 0.508 bits per heavy atom. The number of hydrogen-bond acceptors (Lipinski definition) is 4. The third-order valence-electron chi connectivity index (χ3n) is 13.1. The van der Waals surface area contributed by atoms with E-state index in [4.69, 9.17) is 0 Å². The number of amides is 1. The van der Waals surface area contributed by atoms with Gasteiger partial charge in [0.1, 0.15) is 0 Å². The molecule has 0 aromatic heterocycles. The Hall–Kier alpha value is -6.11. The maximum absolute atomic E-state index is 14.0. The first-order valence-corrected chi connectivity index (χ1v) is 24.0. The number of nitrogens with zero attached hydrogens (tertiary/aromatic N) is 3. The summed E-state index contributed by atoms with van der Waals surface area (Å²) in [6.45, 7) is 10.0. The van der Waals surface area contributed by atoms with Gasteiger partial charge in [-0.05, 0) is 87.9 Å². The van der Waals surface area contributed by atoms with Crippen molar-refractivity contribution >= 4 is 5.91 Å². The summed E-state index contributed by atoms with van der Waals surface area (Å²) in [6, 6.07) is 69.2. The molecular formula is C60H66N4O. The molecule has 9 rings (SSSR count). The molecule has 2 heterocycles. The Balaban J connectivity index is 0.000000192. The zero-order valence-electron chi connectivity index (χ0n) is 38.3. The van der Waals surface area contributed by atoms with Crippen LogP contribution in [0, 0.1) is 0 Å². The molecule has 7 aromatic rings. The van der Waals surface area contributed by atoms with Crippen LogP contribution in [0.2, 0.25) is 0 Å².